The van der Waals surface area contributed by atoms with Crippen molar-refractivity contribution in [2.75, 3.05) is 11.9 Å². The average molecular weight is 388 g/mol. The SMILES string of the molecule is O=C(NCCc1nccn1Cc1ccccc1)c1cccc(NC(=O)C2CC2)c1. The van der Waals surface area contributed by atoms with Crippen LogP contribution in [0.25, 0.3) is 0 Å². The summed E-state index contributed by atoms with van der Waals surface area (Å²) in [5.41, 5.74) is 2.40. The van der Waals surface area contributed by atoms with Crippen LogP contribution in [0, 0.1) is 5.92 Å². The molecule has 0 saturated heterocycles. The molecule has 3 aromatic rings. The third-order valence-corrected chi connectivity index (χ3v) is 4.97. The smallest absolute Gasteiger partial charge is 0.251 e. The van der Waals surface area contributed by atoms with Crippen molar-refractivity contribution in [1.82, 2.24) is 14.9 Å². The number of nitrogens with one attached hydrogen (secondary N) is 2. The molecular weight excluding hydrogens is 364 g/mol. The summed E-state index contributed by atoms with van der Waals surface area (Å²) in [4.78, 5) is 28.8. The maximum atomic E-state index is 12.5. The molecule has 1 heterocycles. The maximum Gasteiger partial charge on any atom is 0.251 e. The molecular formula is C23H24N4O2. The molecule has 1 aliphatic carbocycles. The fourth-order valence-electron chi connectivity index (χ4n) is 3.21. The Bertz CT molecular complexity index is 993. The van der Waals surface area contributed by atoms with Gasteiger partial charge >= 0.3 is 0 Å². The van der Waals surface area contributed by atoms with Gasteiger partial charge < -0.3 is 15.2 Å². The fourth-order valence-corrected chi connectivity index (χ4v) is 3.21. The van der Waals surface area contributed by atoms with Crippen molar-refractivity contribution < 1.29 is 9.59 Å². The van der Waals surface area contributed by atoms with Gasteiger partial charge in [-0.3, -0.25) is 9.59 Å². The molecule has 0 unspecified atom stereocenters. The van der Waals surface area contributed by atoms with E-state index in [-0.39, 0.29) is 17.7 Å². The van der Waals surface area contributed by atoms with Crippen molar-refractivity contribution in [3.05, 3.63) is 83.9 Å². The monoisotopic (exact) mass is 388 g/mol. The summed E-state index contributed by atoms with van der Waals surface area (Å²) in [6.45, 7) is 1.25. The number of rotatable bonds is 8. The Balaban J connectivity index is 1.30. The molecule has 0 aliphatic heterocycles. The predicted molar refractivity (Wildman–Crippen MR) is 112 cm³/mol. The first kappa shape index (κ1) is 18.9. The van der Waals surface area contributed by atoms with Crippen molar-refractivity contribution in [3.63, 3.8) is 0 Å². The number of nitrogens with zero attached hydrogens (tertiary/aromatic N) is 2. The van der Waals surface area contributed by atoms with Crippen molar-refractivity contribution >= 4 is 17.5 Å². The molecule has 0 spiro atoms. The number of hydrogen-bond donors (Lipinski definition) is 2. The van der Waals surface area contributed by atoms with Crippen LogP contribution < -0.4 is 10.6 Å². The molecule has 6 nitrogen and oxygen atoms in total. The molecule has 1 fully saturated rings. The minimum atomic E-state index is -0.159. The molecule has 6 heteroatoms. The van der Waals surface area contributed by atoms with E-state index in [4.69, 9.17) is 0 Å². The van der Waals surface area contributed by atoms with E-state index in [1.807, 2.05) is 24.4 Å². The summed E-state index contributed by atoms with van der Waals surface area (Å²) in [6, 6.07) is 17.3. The summed E-state index contributed by atoms with van der Waals surface area (Å²) in [5.74, 6) is 0.938. The van der Waals surface area contributed by atoms with Gasteiger partial charge in [0.1, 0.15) is 5.82 Å². The van der Waals surface area contributed by atoms with Crippen LogP contribution in [-0.2, 0) is 17.8 Å². The summed E-state index contributed by atoms with van der Waals surface area (Å²) >= 11 is 0. The van der Waals surface area contributed by atoms with Crippen molar-refractivity contribution in [3.8, 4) is 0 Å². The van der Waals surface area contributed by atoms with E-state index in [2.05, 4.69) is 32.3 Å². The van der Waals surface area contributed by atoms with E-state index >= 15 is 0 Å². The predicted octanol–water partition coefficient (Wildman–Crippen LogP) is 3.25. The second kappa shape index (κ2) is 8.73. The molecule has 2 aromatic carbocycles. The number of imidazole rings is 1. The van der Waals surface area contributed by atoms with Crippen LogP contribution in [0.2, 0.25) is 0 Å². The van der Waals surface area contributed by atoms with Crippen LogP contribution in [0.1, 0.15) is 34.6 Å². The lowest BCUT2D eigenvalue weighted by atomic mass is 10.2. The lowest BCUT2D eigenvalue weighted by Gasteiger charge is -2.10. The second-order valence-electron chi connectivity index (χ2n) is 7.31. The number of carbonyl (C=O) groups is 2. The van der Waals surface area contributed by atoms with Crippen LogP contribution in [0.5, 0.6) is 0 Å². The topological polar surface area (TPSA) is 76.0 Å². The summed E-state index contributed by atoms with van der Waals surface area (Å²) in [6.07, 6.45) is 6.28. The number of amides is 2. The number of anilines is 1. The van der Waals surface area contributed by atoms with Gasteiger partial charge in [-0.1, -0.05) is 36.4 Å². The van der Waals surface area contributed by atoms with Gasteiger partial charge in [-0.2, -0.15) is 0 Å². The van der Waals surface area contributed by atoms with Crippen LogP contribution in [-0.4, -0.2) is 27.9 Å². The Hall–Kier alpha value is -3.41. The third kappa shape index (κ3) is 5.10. The first-order valence-corrected chi connectivity index (χ1v) is 9.92. The largest absolute Gasteiger partial charge is 0.352 e. The minimum absolute atomic E-state index is 0.0350. The zero-order valence-electron chi connectivity index (χ0n) is 16.2. The summed E-state index contributed by atoms with van der Waals surface area (Å²) in [7, 11) is 0. The van der Waals surface area contributed by atoms with Gasteiger partial charge in [-0.15, -0.1) is 0 Å². The van der Waals surface area contributed by atoms with Gasteiger partial charge in [0.05, 0.1) is 0 Å². The lowest BCUT2D eigenvalue weighted by molar-refractivity contribution is -0.117. The van der Waals surface area contributed by atoms with Gasteiger partial charge in [-0.05, 0) is 36.6 Å². The zero-order chi connectivity index (χ0) is 20.1. The molecule has 1 aromatic heterocycles. The Morgan fingerprint density at radius 3 is 2.69 bits per heavy atom. The first-order chi connectivity index (χ1) is 14.2. The van der Waals surface area contributed by atoms with Crippen molar-refractivity contribution in [2.45, 2.75) is 25.8 Å². The highest BCUT2D eigenvalue weighted by atomic mass is 16.2. The highest BCUT2D eigenvalue weighted by Crippen LogP contribution is 2.30. The molecule has 4 rings (SSSR count). The van der Waals surface area contributed by atoms with E-state index in [0.717, 1.165) is 25.2 Å². The third-order valence-electron chi connectivity index (χ3n) is 4.97. The number of hydrogen-bond acceptors (Lipinski definition) is 3. The lowest BCUT2D eigenvalue weighted by Crippen LogP contribution is -2.26. The minimum Gasteiger partial charge on any atom is -0.352 e. The average Bonchev–Trinajstić information content (AvgIpc) is 3.51. The summed E-state index contributed by atoms with van der Waals surface area (Å²) < 4.78 is 2.09. The molecule has 1 saturated carbocycles. The molecule has 29 heavy (non-hydrogen) atoms. The Morgan fingerprint density at radius 2 is 1.90 bits per heavy atom. The van der Waals surface area contributed by atoms with Gasteiger partial charge in [-0.25, -0.2) is 4.98 Å². The molecule has 1 aliphatic rings. The number of aromatic nitrogens is 2. The van der Waals surface area contributed by atoms with Crippen LogP contribution >= 0.6 is 0 Å². The van der Waals surface area contributed by atoms with E-state index in [0.29, 0.717) is 24.2 Å². The Labute approximate surface area is 170 Å². The molecule has 0 atom stereocenters. The van der Waals surface area contributed by atoms with Gasteiger partial charge in [0.25, 0.3) is 5.91 Å². The summed E-state index contributed by atoms with van der Waals surface area (Å²) in [5, 5.41) is 5.81. The van der Waals surface area contributed by atoms with Gasteiger partial charge in [0.15, 0.2) is 0 Å². The van der Waals surface area contributed by atoms with Crippen LogP contribution in [0.4, 0.5) is 5.69 Å². The molecule has 2 N–H and O–H groups in total. The Kier molecular flexibility index (Phi) is 5.70. The van der Waals surface area contributed by atoms with Gasteiger partial charge in [0.2, 0.25) is 5.91 Å². The molecule has 2 amide bonds. The quantitative estimate of drug-likeness (QED) is 0.622. The number of carbonyl (C=O) groups excluding carboxylic acids is 2. The van der Waals surface area contributed by atoms with E-state index in [1.54, 1.807) is 30.5 Å². The molecule has 0 radical (unpaired) electrons. The first-order valence-electron chi connectivity index (χ1n) is 9.92. The van der Waals surface area contributed by atoms with E-state index in [1.165, 1.54) is 5.56 Å². The maximum absolute atomic E-state index is 12.5. The van der Waals surface area contributed by atoms with E-state index < -0.39 is 0 Å². The number of benzene rings is 2. The normalized spacial score (nSPS) is 13.1. The van der Waals surface area contributed by atoms with Crippen LogP contribution in [0.15, 0.2) is 67.0 Å². The van der Waals surface area contributed by atoms with Gasteiger partial charge in [0, 0.05) is 49.1 Å². The fraction of sp³-hybridized carbons (Fsp3) is 0.261. The second-order valence-corrected chi connectivity index (χ2v) is 7.31. The highest BCUT2D eigenvalue weighted by Gasteiger charge is 2.29. The highest BCUT2D eigenvalue weighted by molar-refractivity contribution is 5.98. The Morgan fingerprint density at radius 1 is 1.07 bits per heavy atom. The van der Waals surface area contributed by atoms with E-state index in [9.17, 15) is 9.59 Å². The van der Waals surface area contributed by atoms with Crippen LogP contribution in [0.3, 0.4) is 0 Å². The van der Waals surface area contributed by atoms with Crippen molar-refractivity contribution in [2.24, 2.45) is 5.92 Å². The zero-order valence-corrected chi connectivity index (χ0v) is 16.2. The molecule has 0 bridgehead atoms. The molecule has 148 valence electrons. The van der Waals surface area contributed by atoms with Crippen molar-refractivity contribution in [1.29, 1.82) is 0 Å². The standard InChI is InChI=1S/C23H24N4O2/c28-22(19-7-4-8-20(15-19)26-23(29)18-9-10-18)25-12-11-21-24-13-14-27(21)16-17-5-2-1-3-6-17/h1-8,13-15,18H,9-12,16H2,(H,25,28)(H,26,29).